The van der Waals surface area contributed by atoms with Crippen LogP contribution in [-0.4, -0.2) is 6.54 Å². The van der Waals surface area contributed by atoms with Crippen LogP contribution in [-0.2, 0) is 0 Å². The van der Waals surface area contributed by atoms with E-state index >= 15 is 0 Å². The van der Waals surface area contributed by atoms with E-state index in [0.29, 0.717) is 6.04 Å². The molecule has 1 saturated carbocycles. The van der Waals surface area contributed by atoms with E-state index in [1.807, 2.05) is 6.92 Å². The van der Waals surface area contributed by atoms with Crippen LogP contribution in [0.3, 0.4) is 0 Å². The van der Waals surface area contributed by atoms with Crippen molar-refractivity contribution in [1.82, 2.24) is 5.32 Å². The van der Waals surface area contributed by atoms with E-state index in [2.05, 4.69) is 32.2 Å². The summed E-state index contributed by atoms with van der Waals surface area (Å²) < 4.78 is 5.62. The number of furan rings is 1. The standard InChI is InChI=1S/C17H29NO/c1-5-15-6-8-16(9-7-15)11-18-13(3)17-10-12(2)19-14(17)4/h10,13,15-16,18H,5-9,11H2,1-4H3. The Morgan fingerprint density at radius 3 is 2.37 bits per heavy atom. The average molecular weight is 263 g/mol. The predicted molar refractivity (Wildman–Crippen MR) is 80.3 cm³/mol. The smallest absolute Gasteiger partial charge is 0.105 e. The quantitative estimate of drug-likeness (QED) is 0.828. The molecule has 1 unspecified atom stereocenters. The van der Waals surface area contributed by atoms with Crippen LogP contribution in [0.1, 0.15) is 69.1 Å². The SMILES string of the molecule is CCC1CCC(CNC(C)c2cc(C)oc2C)CC1. The third-order valence-corrected chi connectivity index (χ3v) is 4.80. The molecule has 1 aromatic heterocycles. The molecule has 1 heterocycles. The van der Waals surface area contributed by atoms with Crippen molar-refractivity contribution in [3.05, 3.63) is 23.2 Å². The number of rotatable bonds is 5. The summed E-state index contributed by atoms with van der Waals surface area (Å²) in [5.41, 5.74) is 1.32. The highest BCUT2D eigenvalue weighted by atomic mass is 16.3. The first-order chi connectivity index (χ1) is 9.10. The van der Waals surface area contributed by atoms with Crippen molar-refractivity contribution in [2.24, 2.45) is 11.8 Å². The minimum Gasteiger partial charge on any atom is -0.466 e. The molecule has 1 aliphatic carbocycles. The Bertz CT molecular complexity index is 388. The van der Waals surface area contributed by atoms with Crippen LogP contribution in [0.4, 0.5) is 0 Å². The van der Waals surface area contributed by atoms with Crippen molar-refractivity contribution in [2.45, 2.75) is 65.8 Å². The molecule has 0 spiro atoms. The van der Waals surface area contributed by atoms with Gasteiger partial charge in [-0.3, -0.25) is 0 Å². The lowest BCUT2D eigenvalue weighted by molar-refractivity contribution is 0.258. The van der Waals surface area contributed by atoms with E-state index in [0.717, 1.165) is 29.9 Å². The van der Waals surface area contributed by atoms with Crippen LogP contribution in [0, 0.1) is 25.7 Å². The second-order valence-electron chi connectivity index (χ2n) is 6.29. The van der Waals surface area contributed by atoms with Gasteiger partial charge in [0, 0.05) is 11.6 Å². The third-order valence-electron chi connectivity index (χ3n) is 4.80. The fraction of sp³-hybridized carbons (Fsp3) is 0.765. The van der Waals surface area contributed by atoms with Gasteiger partial charge in [-0.15, -0.1) is 0 Å². The van der Waals surface area contributed by atoms with Crippen LogP contribution in [0.2, 0.25) is 0 Å². The zero-order chi connectivity index (χ0) is 13.8. The van der Waals surface area contributed by atoms with Crippen LogP contribution >= 0.6 is 0 Å². The van der Waals surface area contributed by atoms with Crippen molar-refractivity contribution < 1.29 is 4.42 Å². The number of hydrogen-bond donors (Lipinski definition) is 1. The summed E-state index contributed by atoms with van der Waals surface area (Å²) in [6.07, 6.45) is 7.04. The van der Waals surface area contributed by atoms with Gasteiger partial charge >= 0.3 is 0 Å². The molecule has 1 atom stereocenters. The molecule has 19 heavy (non-hydrogen) atoms. The van der Waals surface area contributed by atoms with Gasteiger partial charge in [-0.25, -0.2) is 0 Å². The van der Waals surface area contributed by atoms with Gasteiger partial charge in [-0.2, -0.15) is 0 Å². The van der Waals surface area contributed by atoms with E-state index in [1.54, 1.807) is 0 Å². The summed E-state index contributed by atoms with van der Waals surface area (Å²) in [7, 11) is 0. The zero-order valence-corrected chi connectivity index (χ0v) is 13.0. The molecule has 0 aliphatic heterocycles. The maximum atomic E-state index is 5.62. The second-order valence-corrected chi connectivity index (χ2v) is 6.29. The lowest BCUT2D eigenvalue weighted by Crippen LogP contribution is -2.28. The Balaban J connectivity index is 1.78. The third kappa shape index (κ3) is 3.85. The van der Waals surface area contributed by atoms with Gasteiger partial charge < -0.3 is 9.73 Å². The molecule has 1 aliphatic rings. The summed E-state index contributed by atoms with van der Waals surface area (Å²) in [5.74, 6) is 3.95. The maximum absolute atomic E-state index is 5.62. The monoisotopic (exact) mass is 263 g/mol. The van der Waals surface area contributed by atoms with Gasteiger partial charge in [0.05, 0.1) is 0 Å². The summed E-state index contributed by atoms with van der Waals surface area (Å²) in [6.45, 7) is 9.81. The predicted octanol–water partition coefficient (Wildman–Crippen LogP) is 4.76. The summed E-state index contributed by atoms with van der Waals surface area (Å²) in [5, 5.41) is 3.70. The molecular formula is C17H29NO. The largest absolute Gasteiger partial charge is 0.466 e. The number of nitrogens with one attached hydrogen (secondary N) is 1. The Morgan fingerprint density at radius 2 is 1.84 bits per heavy atom. The van der Waals surface area contributed by atoms with Gasteiger partial charge in [-0.05, 0) is 58.1 Å². The molecule has 0 bridgehead atoms. The molecule has 1 fully saturated rings. The molecule has 0 aromatic carbocycles. The minimum atomic E-state index is 0.404. The van der Waals surface area contributed by atoms with Crippen molar-refractivity contribution in [3.8, 4) is 0 Å². The van der Waals surface area contributed by atoms with Crippen LogP contribution < -0.4 is 5.32 Å². The van der Waals surface area contributed by atoms with Crippen molar-refractivity contribution in [2.75, 3.05) is 6.54 Å². The minimum absolute atomic E-state index is 0.404. The van der Waals surface area contributed by atoms with Gasteiger partial charge in [0.15, 0.2) is 0 Å². The van der Waals surface area contributed by atoms with E-state index in [-0.39, 0.29) is 0 Å². The normalized spacial score (nSPS) is 25.5. The van der Waals surface area contributed by atoms with E-state index < -0.39 is 0 Å². The molecule has 0 saturated heterocycles. The molecular weight excluding hydrogens is 234 g/mol. The highest BCUT2D eigenvalue weighted by Crippen LogP contribution is 2.30. The molecule has 2 nitrogen and oxygen atoms in total. The van der Waals surface area contributed by atoms with Crippen LogP contribution in [0.25, 0.3) is 0 Å². The van der Waals surface area contributed by atoms with E-state index in [9.17, 15) is 0 Å². The van der Waals surface area contributed by atoms with E-state index in [4.69, 9.17) is 4.42 Å². The highest BCUT2D eigenvalue weighted by Gasteiger charge is 2.21. The summed E-state index contributed by atoms with van der Waals surface area (Å²) in [4.78, 5) is 0. The topological polar surface area (TPSA) is 25.2 Å². The van der Waals surface area contributed by atoms with Gasteiger partial charge in [-0.1, -0.05) is 26.2 Å². The lowest BCUT2D eigenvalue weighted by Gasteiger charge is -2.29. The summed E-state index contributed by atoms with van der Waals surface area (Å²) in [6, 6.07) is 2.57. The fourth-order valence-electron chi connectivity index (χ4n) is 3.38. The highest BCUT2D eigenvalue weighted by molar-refractivity contribution is 5.23. The molecule has 1 N–H and O–H groups in total. The van der Waals surface area contributed by atoms with Crippen LogP contribution in [0.15, 0.2) is 10.5 Å². The molecule has 108 valence electrons. The van der Waals surface area contributed by atoms with E-state index in [1.165, 1.54) is 37.7 Å². The average Bonchev–Trinajstić information content (AvgIpc) is 2.75. The molecule has 2 rings (SSSR count). The maximum Gasteiger partial charge on any atom is 0.105 e. The Labute approximate surface area is 118 Å². The van der Waals surface area contributed by atoms with Crippen molar-refractivity contribution in [1.29, 1.82) is 0 Å². The first-order valence-corrected chi connectivity index (χ1v) is 7.90. The summed E-state index contributed by atoms with van der Waals surface area (Å²) >= 11 is 0. The zero-order valence-electron chi connectivity index (χ0n) is 13.0. The lowest BCUT2D eigenvalue weighted by atomic mass is 9.81. The van der Waals surface area contributed by atoms with Gasteiger partial charge in [0.2, 0.25) is 0 Å². The van der Waals surface area contributed by atoms with Gasteiger partial charge in [0.1, 0.15) is 11.5 Å². The molecule has 2 heteroatoms. The number of aryl methyl sites for hydroxylation is 2. The molecule has 0 radical (unpaired) electrons. The molecule has 1 aromatic rings. The number of hydrogen-bond acceptors (Lipinski definition) is 2. The second kappa shape index (κ2) is 6.60. The molecule has 0 amide bonds. The Kier molecular flexibility index (Phi) is 5.09. The fourth-order valence-corrected chi connectivity index (χ4v) is 3.38. The van der Waals surface area contributed by atoms with Gasteiger partial charge in [0.25, 0.3) is 0 Å². The Hall–Kier alpha value is -0.760. The van der Waals surface area contributed by atoms with Crippen molar-refractivity contribution >= 4 is 0 Å². The van der Waals surface area contributed by atoms with Crippen molar-refractivity contribution in [3.63, 3.8) is 0 Å². The first kappa shape index (κ1) is 14.6. The van der Waals surface area contributed by atoms with Crippen LogP contribution in [0.5, 0.6) is 0 Å². The Morgan fingerprint density at radius 1 is 1.21 bits per heavy atom. The first-order valence-electron chi connectivity index (χ1n) is 7.90.